The van der Waals surface area contributed by atoms with Crippen molar-refractivity contribution in [2.75, 3.05) is 28.4 Å². The molecule has 0 aliphatic carbocycles. The van der Waals surface area contributed by atoms with Crippen LogP contribution in [0, 0.1) is 5.82 Å². The van der Waals surface area contributed by atoms with E-state index in [1.807, 2.05) is 0 Å². The molecule has 0 atom stereocenters. The molecule has 0 aromatic heterocycles. The minimum atomic E-state index is -0.331. The molecule has 0 spiro atoms. The maximum atomic E-state index is 12.5. The lowest BCUT2D eigenvalue weighted by atomic mass is 10.3. The van der Waals surface area contributed by atoms with E-state index in [2.05, 4.69) is 0 Å². The van der Waals surface area contributed by atoms with Crippen LogP contribution in [-0.4, -0.2) is 28.4 Å². The maximum Gasteiger partial charge on any atom is 0.163 e. The molecule has 0 N–H and O–H groups in total. The van der Waals surface area contributed by atoms with Crippen molar-refractivity contribution in [1.82, 2.24) is 0 Å². The average molecular weight is 432 g/mol. The summed E-state index contributed by atoms with van der Waals surface area (Å²) in [6, 6.07) is 4.12. The molecule has 0 fully saturated rings. The molecule has 9 heteroatoms. The van der Waals surface area contributed by atoms with E-state index in [4.69, 9.17) is 65.4 Å². The van der Waals surface area contributed by atoms with Crippen molar-refractivity contribution in [1.29, 1.82) is 0 Å². The van der Waals surface area contributed by atoms with Gasteiger partial charge in [-0.25, -0.2) is 4.39 Å². The molecule has 2 aromatic carbocycles. The molecule has 0 saturated carbocycles. The number of hydrogen-bond acceptors (Lipinski definition) is 4. The van der Waals surface area contributed by atoms with E-state index < -0.39 is 0 Å². The second-order valence-electron chi connectivity index (χ2n) is 4.32. The fourth-order valence-corrected chi connectivity index (χ4v) is 2.89. The smallest absolute Gasteiger partial charge is 0.163 e. The number of ether oxygens (including phenoxy) is 4. The normalized spacial score (nSPS) is 9.80. The first-order chi connectivity index (χ1) is 11.8. The van der Waals surface area contributed by atoms with Gasteiger partial charge in [0.15, 0.2) is 23.0 Å². The predicted octanol–water partition coefficient (Wildman–Crippen LogP) is 6.16. The number of rotatable bonds is 4. The highest BCUT2D eigenvalue weighted by Gasteiger charge is 2.21. The van der Waals surface area contributed by atoms with Gasteiger partial charge in [-0.1, -0.05) is 46.4 Å². The third-order valence-electron chi connectivity index (χ3n) is 2.94. The standard InChI is InChI=1S/C8H6Cl4O2.C8H9FO2/c1-13-7-3(9)5(11)8(14-2)6(12)4(7)10;1-10-7-4-3-6(9)5-8(7)11-2/h1-2H3;3-5H,1-2H3. The van der Waals surface area contributed by atoms with Crippen LogP contribution < -0.4 is 18.9 Å². The van der Waals surface area contributed by atoms with Gasteiger partial charge in [0.2, 0.25) is 0 Å². The summed E-state index contributed by atoms with van der Waals surface area (Å²) in [6.07, 6.45) is 0. The van der Waals surface area contributed by atoms with Gasteiger partial charge in [-0.3, -0.25) is 0 Å². The first-order valence-corrected chi connectivity index (χ1v) is 8.14. The highest BCUT2D eigenvalue weighted by atomic mass is 35.5. The van der Waals surface area contributed by atoms with Gasteiger partial charge in [0.05, 0.1) is 28.4 Å². The minimum absolute atomic E-state index is 0.181. The Hall–Kier alpha value is -1.27. The van der Waals surface area contributed by atoms with Crippen LogP contribution >= 0.6 is 46.4 Å². The van der Waals surface area contributed by atoms with Crippen LogP contribution in [0.25, 0.3) is 0 Å². The van der Waals surface area contributed by atoms with Crippen molar-refractivity contribution in [3.05, 3.63) is 44.1 Å². The van der Waals surface area contributed by atoms with Crippen molar-refractivity contribution in [2.45, 2.75) is 0 Å². The molecular weight excluding hydrogens is 417 g/mol. The molecule has 25 heavy (non-hydrogen) atoms. The van der Waals surface area contributed by atoms with E-state index in [-0.39, 0.29) is 37.4 Å². The van der Waals surface area contributed by atoms with Crippen molar-refractivity contribution >= 4 is 46.4 Å². The van der Waals surface area contributed by atoms with Gasteiger partial charge >= 0.3 is 0 Å². The summed E-state index contributed by atoms with van der Waals surface area (Å²) in [4.78, 5) is 0. The molecule has 138 valence electrons. The summed E-state index contributed by atoms with van der Waals surface area (Å²) in [6.45, 7) is 0. The van der Waals surface area contributed by atoms with E-state index in [1.54, 1.807) is 0 Å². The van der Waals surface area contributed by atoms with E-state index in [0.29, 0.717) is 11.5 Å². The van der Waals surface area contributed by atoms with Crippen molar-refractivity contribution in [3.8, 4) is 23.0 Å². The molecule has 4 nitrogen and oxygen atoms in total. The average Bonchev–Trinajstić information content (AvgIpc) is 2.61. The van der Waals surface area contributed by atoms with Crippen LogP contribution in [0.1, 0.15) is 0 Å². The first-order valence-electron chi connectivity index (χ1n) is 6.63. The zero-order valence-corrected chi connectivity index (χ0v) is 16.8. The molecular formula is C16H15Cl4FO4. The molecule has 0 radical (unpaired) electrons. The SMILES string of the molecule is COc1c(Cl)c(Cl)c(OC)c(Cl)c1Cl.COc1ccc(F)cc1OC. The van der Waals surface area contributed by atoms with Crippen LogP contribution in [0.4, 0.5) is 4.39 Å². The molecule has 0 bridgehead atoms. The van der Waals surface area contributed by atoms with Gasteiger partial charge in [0.1, 0.15) is 25.9 Å². The van der Waals surface area contributed by atoms with Crippen LogP contribution in [-0.2, 0) is 0 Å². The van der Waals surface area contributed by atoms with Gasteiger partial charge in [0.25, 0.3) is 0 Å². The summed E-state index contributed by atoms with van der Waals surface area (Å²) < 4.78 is 32.2. The second-order valence-corrected chi connectivity index (χ2v) is 5.83. The van der Waals surface area contributed by atoms with E-state index >= 15 is 0 Å². The Morgan fingerprint density at radius 2 is 1.04 bits per heavy atom. The second kappa shape index (κ2) is 10.0. The van der Waals surface area contributed by atoms with Crippen LogP contribution in [0.3, 0.4) is 0 Å². The Balaban J connectivity index is 0.000000257. The van der Waals surface area contributed by atoms with Crippen molar-refractivity contribution < 1.29 is 23.3 Å². The number of methoxy groups -OCH3 is 4. The Bertz CT molecular complexity index is 677. The Kier molecular flexibility index (Phi) is 8.73. The Morgan fingerprint density at radius 3 is 1.36 bits per heavy atom. The van der Waals surface area contributed by atoms with E-state index in [0.717, 1.165) is 0 Å². The third-order valence-corrected chi connectivity index (χ3v) is 4.57. The van der Waals surface area contributed by atoms with Crippen molar-refractivity contribution in [3.63, 3.8) is 0 Å². The zero-order chi connectivity index (χ0) is 19.1. The van der Waals surface area contributed by atoms with Gasteiger partial charge in [0, 0.05) is 6.07 Å². The number of benzene rings is 2. The maximum absolute atomic E-state index is 12.5. The fourth-order valence-electron chi connectivity index (χ4n) is 1.76. The van der Waals surface area contributed by atoms with Crippen LogP contribution in [0.2, 0.25) is 20.1 Å². The lowest BCUT2D eigenvalue weighted by molar-refractivity contribution is 0.352. The fraction of sp³-hybridized carbons (Fsp3) is 0.250. The minimum Gasteiger partial charge on any atom is -0.494 e. The summed E-state index contributed by atoms with van der Waals surface area (Å²) in [5, 5.41) is 0.724. The Labute approximate surface area is 165 Å². The van der Waals surface area contributed by atoms with E-state index in [1.165, 1.54) is 46.6 Å². The quantitative estimate of drug-likeness (QED) is 0.543. The lowest BCUT2D eigenvalue weighted by Crippen LogP contribution is -1.92. The topological polar surface area (TPSA) is 36.9 Å². The summed E-state index contributed by atoms with van der Waals surface area (Å²) in [7, 11) is 5.82. The molecule has 0 aliphatic heterocycles. The molecule has 0 unspecified atom stereocenters. The van der Waals surface area contributed by atoms with Crippen LogP contribution in [0.5, 0.6) is 23.0 Å². The highest BCUT2D eigenvalue weighted by molar-refractivity contribution is 6.50. The predicted molar refractivity (Wildman–Crippen MR) is 99.1 cm³/mol. The number of halogens is 5. The first kappa shape index (κ1) is 21.8. The molecule has 2 aromatic rings. The molecule has 0 amide bonds. The summed E-state index contributed by atoms with van der Waals surface area (Å²) in [5.41, 5.74) is 0. The highest BCUT2D eigenvalue weighted by Crippen LogP contribution is 2.49. The van der Waals surface area contributed by atoms with Gasteiger partial charge in [-0.05, 0) is 12.1 Å². The largest absolute Gasteiger partial charge is 0.494 e. The van der Waals surface area contributed by atoms with Gasteiger partial charge < -0.3 is 18.9 Å². The van der Waals surface area contributed by atoms with Crippen molar-refractivity contribution in [2.24, 2.45) is 0 Å². The summed E-state index contributed by atoms with van der Waals surface area (Å²) in [5.74, 6) is 1.09. The molecule has 0 saturated heterocycles. The molecule has 2 rings (SSSR count). The molecule has 0 aliphatic rings. The monoisotopic (exact) mass is 430 g/mol. The van der Waals surface area contributed by atoms with Gasteiger partial charge in [-0.15, -0.1) is 0 Å². The lowest BCUT2D eigenvalue weighted by Gasteiger charge is -2.12. The Morgan fingerprint density at radius 1 is 0.640 bits per heavy atom. The summed E-state index contributed by atoms with van der Waals surface area (Å²) >= 11 is 23.5. The number of hydrogen-bond donors (Lipinski definition) is 0. The zero-order valence-electron chi connectivity index (χ0n) is 13.8. The van der Waals surface area contributed by atoms with Crippen LogP contribution in [0.15, 0.2) is 18.2 Å². The third kappa shape index (κ3) is 5.11. The molecule has 0 heterocycles. The van der Waals surface area contributed by atoms with Gasteiger partial charge in [-0.2, -0.15) is 0 Å². The van der Waals surface area contributed by atoms with E-state index in [9.17, 15) is 4.39 Å².